The molecule has 0 saturated carbocycles. The summed E-state index contributed by atoms with van der Waals surface area (Å²) >= 11 is 6.33. The van der Waals surface area contributed by atoms with E-state index in [0.717, 1.165) is 10.9 Å². The van der Waals surface area contributed by atoms with E-state index in [-0.39, 0.29) is 11.8 Å². The molecule has 142 valence electrons. The molecule has 1 aliphatic rings. The van der Waals surface area contributed by atoms with Crippen molar-refractivity contribution in [3.8, 4) is 11.8 Å². The summed E-state index contributed by atoms with van der Waals surface area (Å²) in [5, 5.41) is 10.1. The second kappa shape index (κ2) is 7.61. The van der Waals surface area contributed by atoms with Crippen LogP contribution in [-0.2, 0) is 4.79 Å². The molecule has 3 rings (SSSR count). The van der Waals surface area contributed by atoms with Crippen LogP contribution in [0.15, 0.2) is 21.3 Å². The number of amides is 1. The molecule has 27 heavy (non-hydrogen) atoms. The first-order chi connectivity index (χ1) is 12.8. The minimum absolute atomic E-state index is 0.00908. The van der Waals surface area contributed by atoms with Gasteiger partial charge in [-0.3, -0.25) is 4.79 Å². The van der Waals surface area contributed by atoms with E-state index in [4.69, 9.17) is 26.0 Å². The predicted octanol–water partition coefficient (Wildman–Crippen LogP) is 3.59. The maximum absolute atomic E-state index is 12.6. The summed E-state index contributed by atoms with van der Waals surface area (Å²) < 4.78 is 11.1. The Morgan fingerprint density at radius 2 is 2.00 bits per heavy atom. The highest BCUT2D eigenvalue weighted by atomic mass is 35.5. The number of hydrogen-bond donors (Lipinski definition) is 0. The van der Waals surface area contributed by atoms with E-state index in [1.54, 1.807) is 30.9 Å². The quantitative estimate of drug-likeness (QED) is 0.750. The van der Waals surface area contributed by atoms with Crippen molar-refractivity contribution in [1.29, 1.82) is 5.26 Å². The Balaban J connectivity index is 1.81. The molecule has 1 saturated heterocycles. The number of halogens is 1. The fourth-order valence-corrected chi connectivity index (χ4v) is 3.47. The number of fused-ring (bicyclic) bond motifs is 1. The SMILES string of the molecule is Cc1c(C)c2cc(Cl)c(OC(C)C(=O)N3CCC(C#N)CC3)cc2oc1=O. The fraction of sp³-hybridized carbons (Fsp3) is 0.450. The van der Waals surface area contributed by atoms with Gasteiger partial charge in [-0.2, -0.15) is 5.26 Å². The minimum atomic E-state index is -0.739. The van der Waals surface area contributed by atoms with Crippen LogP contribution in [0, 0.1) is 31.1 Å². The monoisotopic (exact) mass is 388 g/mol. The molecule has 6 nitrogen and oxygen atoms in total. The molecule has 1 aromatic carbocycles. The highest BCUT2D eigenvalue weighted by molar-refractivity contribution is 6.32. The summed E-state index contributed by atoms with van der Waals surface area (Å²) in [7, 11) is 0. The standard InChI is InChI=1S/C20H21ClN2O4/c1-11-12(2)20(25)27-17-9-18(16(21)8-15(11)17)26-13(3)19(24)23-6-4-14(10-22)5-7-23/h8-9,13-14H,4-7H2,1-3H3. The van der Waals surface area contributed by atoms with Gasteiger partial charge in [0, 0.05) is 36.0 Å². The third-order valence-corrected chi connectivity index (χ3v) is 5.45. The Morgan fingerprint density at radius 3 is 2.63 bits per heavy atom. The molecular weight excluding hydrogens is 368 g/mol. The molecule has 1 unspecified atom stereocenters. The Kier molecular flexibility index (Phi) is 5.43. The lowest BCUT2D eigenvalue weighted by Crippen LogP contribution is -2.44. The van der Waals surface area contributed by atoms with Crippen molar-refractivity contribution >= 4 is 28.5 Å². The summed E-state index contributed by atoms with van der Waals surface area (Å²) in [4.78, 5) is 26.3. The number of hydrogen-bond acceptors (Lipinski definition) is 5. The lowest BCUT2D eigenvalue weighted by atomic mass is 9.98. The van der Waals surface area contributed by atoms with Crippen molar-refractivity contribution in [2.24, 2.45) is 5.92 Å². The first-order valence-corrected chi connectivity index (χ1v) is 9.28. The average Bonchev–Trinajstić information content (AvgIpc) is 2.67. The van der Waals surface area contributed by atoms with E-state index in [1.165, 1.54) is 0 Å². The Bertz CT molecular complexity index is 984. The van der Waals surface area contributed by atoms with Crippen molar-refractivity contribution in [1.82, 2.24) is 4.90 Å². The molecule has 0 aliphatic carbocycles. The van der Waals surface area contributed by atoms with Gasteiger partial charge in [-0.25, -0.2) is 4.79 Å². The average molecular weight is 389 g/mol. The van der Waals surface area contributed by atoms with Crippen LogP contribution in [-0.4, -0.2) is 30.0 Å². The molecule has 0 bridgehead atoms. The summed E-state index contributed by atoms with van der Waals surface area (Å²) in [5.41, 5.74) is 1.31. The molecule has 0 N–H and O–H groups in total. The Labute approximate surface area is 162 Å². The van der Waals surface area contributed by atoms with Crippen LogP contribution in [0.25, 0.3) is 11.0 Å². The summed E-state index contributed by atoms with van der Waals surface area (Å²) in [6.07, 6.45) is 0.613. The molecule has 0 radical (unpaired) electrons. The van der Waals surface area contributed by atoms with E-state index < -0.39 is 11.7 Å². The topological polar surface area (TPSA) is 83.5 Å². The van der Waals surface area contributed by atoms with Gasteiger partial charge in [-0.05, 0) is 45.2 Å². The van der Waals surface area contributed by atoms with E-state index in [9.17, 15) is 9.59 Å². The van der Waals surface area contributed by atoms with Gasteiger partial charge in [-0.15, -0.1) is 0 Å². The maximum atomic E-state index is 12.6. The number of carbonyl (C=O) groups excluding carboxylic acids is 1. The molecule has 2 aromatic rings. The first kappa shape index (κ1) is 19.2. The molecule has 1 fully saturated rings. The van der Waals surface area contributed by atoms with Crippen LogP contribution in [0.4, 0.5) is 0 Å². The highest BCUT2D eigenvalue weighted by Crippen LogP contribution is 2.32. The zero-order valence-corrected chi connectivity index (χ0v) is 16.3. The summed E-state index contributed by atoms with van der Waals surface area (Å²) in [6.45, 7) is 6.29. The van der Waals surface area contributed by atoms with Gasteiger partial charge in [0.05, 0.1) is 11.1 Å². The van der Waals surface area contributed by atoms with Crippen LogP contribution >= 0.6 is 11.6 Å². The second-order valence-corrected chi connectivity index (χ2v) is 7.31. The Hall–Kier alpha value is -2.52. The predicted molar refractivity (Wildman–Crippen MR) is 102 cm³/mol. The van der Waals surface area contributed by atoms with Crippen molar-refractivity contribution in [3.05, 3.63) is 38.7 Å². The molecule has 2 heterocycles. The number of nitrogens with zero attached hydrogens (tertiary/aromatic N) is 2. The zero-order chi connectivity index (χ0) is 19.7. The first-order valence-electron chi connectivity index (χ1n) is 8.90. The smallest absolute Gasteiger partial charge is 0.339 e. The number of piperidine rings is 1. The van der Waals surface area contributed by atoms with Gasteiger partial charge in [-0.1, -0.05) is 11.6 Å². The normalized spacial score (nSPS) is 16.2. The highest BCUT2D eigenvalue weighted by Gasteiger charge is 2.27. The van der Waals surface area contributed by atoms with E-state index in [1.807, 2.05) is 6.92 Å². The molecule has 1 aliphatic heterocycles. The number of nitriles is 1. The number of likely N-dealkylation sites (tertiary alicyclic amines) is 1. The number of benzene rings is 1. The Morgan fingerprint density at radius 1 is 1.33 bits per heavy atom. The summed E-state index contributed by atoms with van der Waals surface area (Å²) in [5.74, 6) is 0.155. The second-order valence-electron chi connectivity index (χ2n) is 6.91. The van der Waals surface area contributed by atoms with Gasteiger partial charge in [0.2, 0.25) is 0 Å². The van der Waals surface area contributed by atoms with Crippen LogP contribution in [0.3, 0.4) is 0 Å². The van der Waals surface area contributed by atoms with Gasteiger partial charge in [0.15, 0.2) is 6.10 Å². The number of aryl methyl sites for hydroxylation is 1. The van der Waals surface area contributed by atoms with Gasteiger partial charge < -0.3 is 14.1 Å². The van der Waals surface area contributed by atoms with Crippen LogP contribution in [0.2, 0.25) is 5.02 Å². The van der Waals surface area contributed by atoms with E-state index in [0.29, 0.717) is 47.8 Å². The number of ether oxygens (including phenoxy) is 1. The molecule has 7 heteroatoms. The van der Waals surface area contributed by atoms with Crippen molar-refractivity contribution in [2.45, 2.75) is 39.7 Å². The lowest BCUT2D eigenvalue weighted by molar-refractivity contribution is -0.139. The zero-order valence-electron chi connectivity index (χ0n) is 15.5. The van der Waals surface area contributed by atoms with Crippen LogP contribution in [0.1, 0.15) is 30.9 Å². The number of carbonyl (C=O) groups is 1. The van der Waals surface area contributed by atoms with Gasteiger partial charge >= 0.3 is 5.63 Å². The van der Waals surface area contributed by atoms with Crippen LogP contribution in [0.5, 0.6) is 5.75 Å². The van der Waals surface area contributed by atoms with Crippen molar-refractivity contribution < 1.29 is 13.9 Å². The van der Waals surface area contributed by atoms with E-state index >= 15 is 0 Å². The number of rotatable bonds is 3. The van der Waals surface area contributed by atoms with Crippen molar-refractivity contribution in [2.75, 3.05) is 13.1 Å². The molecular formula is C20H21ClN2O4. The van der Waals surface area contributed by atoms with Crippen LogP contribution < -0.4 is 10.4 Å². The molecule has 1 atom stereocenters. The fourth-order valence-electron chi connectivity index (χ4n) is 3.26. The van der Waals surface area contributed by atoms with E-state index in [2.05, 4.69) is 6.07 Å². The molecule has 1 aromatic heterocycles. The third kappa shape index (κ3) is 3.79. The van der Waals surface area contributed by atoms with Gasteiger partial charge in [0.25, 0.3) is 5.91 Å². The van der Waals surface area contributed by atoms with Crippen molar-refractivity contribution in [3.63, 3.8) is 0 Å². The van der Waals surface area contributed by atoms with Gasteiger partial charge in [0.1, 0.15) is 11.3 Å². The largest absolute Gasteiger partial charge is 0.479 e. The lowest BCUT2D eigenvalue weighted by Gasteiger charge is -2.31. The molecule has 0 spiro atoms. The third-order valence-electron chi connectivity index (χ3n) is 5.15. The molecule has 1 amide bonds. The minimum Gasteiger partial charge on any atom is -0.479 e. The maximum Gasteiger partial charge on any atom is 0.339 e. The summed E-state index contributed by atoms with van der Waals surface area (Å²) in [6, 6.07) is 5.49.